The molecular weight excluding hydrogens is 186 g/mol. The molecule has 2 N–H and O–H groups in total. The Morgan fingerprint density at radius 2 is 2.08 bits per heavy atom. The van der Waals surface area contributed by atoms with Crippen molar-refractivity contribution in [1.29, 1.82) is 0 Å². The van der Waals surface area contributed by atoms with Gasteiger partial charge in [-0.05, 0) is 19.1 Å². The number of rotatable bonds is 0. The number of anilines is 1. The summed E-state index contributed by atoms with van der Waals surface area (Å²) in [6, 6.07) is 5.48. The summed E-state index contributed by atoms with van der Waals surface area (Å²) in [5, 5.41) is 0.580. The van der Waals surface area contributed by atoms with Crippen molar-refractivity contribution in [1.82, 2.24) is 9.97 Å². The standard InChI is InChI=1S/C9H8ClN3/c1-5-9(11)13-8-6(10)3-2-4-7(8)12-5/h2-4H,1H3,(H2,11,13). The number of aryl methyl sites for hydroxylation is 1. The fourth-order valence-electron chi connectivity index (χ4n) is 1.14. The molecule has 0 fully saturated rings. The minimum atomic E-state index is 0.431. The third-order valence-electron chi connectivity index (χ3n) is 1.86. The lowest BCUT2D eigenvalue weighted by molar-refractivity contribution is 1.20. The lowest BCUT2D eigenvalue weighted by Crippen LogP contribution is -1.97. The summed E-state index contributed by atoms with van der Waals surface area (Å²) in [6.07, 6.45) is 0. The number of nitrogens with two attached hydrogens (primary N) is 1. The van der Waals surface area contributed by atoms with Crippen LogP contribution in [0.4, 0.5) is 5.82 Å². The number of hydrogen-bond donors (Lipinski definition) is 1. The molecule has 0 saturated heterocycles. The average molecular weight is 194 g/mol. The Balaban J connectivity index is 2.89. The van der Waals surface area contributed by atoms with Crippen LogP contribution in [0.5, 0.6) is 0 Å². The van der Waals surface area contributed by atoms with E-state index in [-0.39, 0.29) is 0 Å². The van der Waals surface area contributed by atoms with Crippen LogP contribution in [0.25, 0.3) is 11.0 Å². The van der Waals surface area contributed by atoms with E-state index >= 15 is 0 Å². The fourth-order valence-corrected chi connectivity index (χ4v) is 1.36. The monoisotopic (exact) mass is 193 g/mol. The molecule has 0 amide bonds. The third-order valence-corrected chi connectivity index (χ3v) is 2.16. The molecule has 1 heterocycles. The summed E-state index contributed by atoms with van der Waals surface area (Å²) in [5.41, 5.74) is 7.79. The zero-order valence-corrected chi connectivity index (χ0v) is 7.84. The topological polar surface area (TPSA) is 51.8 Å². The highest BCUT2D eigenvalue weighted by molar-refractivity contribution is 6.34. The van der Waals surface area contributed by atoms with E-state index in [1.54, 1.807) is 6.07 Å². The van der Waals surface area contributed by atoms with Crippen LogP contribution in [0, 0.1) is 6.92 Å². The van der Waals surface area contributed by atoms with Gasteiger partial charge in [0.25, 0.3) is 0 Å². The van der Waals surface area contributed by atoms with Crippen molar-refractivity contribution in [2.75, 3.05) is 5.73 Å². The minimum Gasteiger partial charge on any atom is -0.382 e. The average Bonchev–Trinajstić information content (AvgIpc) is 2.09. The normalized spacial score (nSPS) is 10.6. The van der Waals surface area contributed by atoms with E-state index in [4.69, 9.17) is 17.3 Å². The maximum absolute atomic E-state index is 5.92. The highest BCUT2D eigenvalue weighted by Gasteiger charge is 2.03. The number of halogens is 1. The molecule has 0 aliphatic carbocycles. The first-order chi connectivity index (χ1) is 6.18. The Morgan fingerprint density at radius 1 is 1.31 bits per heavy atom. The van der Waals surface area contributed by atoms with E-state index < -0.39 is 0 Å². The van der Waals surface area contributed by atoms with Gasteiger partial charge >= 0.3 is 0 Å². The quantitative estimate of drug-likeness (QED) is 0.698. The molecule has 1 aromatic carbocycles. The SMILES string of the molecule is Cc1nc2cccc(Cl)c2nc1N. The number of hydrogen-bond acceptors (Lipinski definition) is 3. The Morgan fingerprint density at radius 3 is 2.85 bits per heavy atom. The molecule has 0 spiro atoms. The number of para-hydroxylation sites is 1. The van der Waals surface area contributed by atoms with E-state index in [1.165, 1.54) is 0 Å². The Labute approximate surface area is 80.6 Å². The Bertz CT molecular complexity index is 468. The summed E-state index contributed by atoms with van der Waals surface area (Å²) in [4.78, 5) is 8.42. The smallest absolute Gasteiger partial charge is 0.145 e. The molecule has 1 aromatic heterocycles. The largest absolute Gasteiger partial charge is 0.382 e. The van der Waals surface area contributed by atoms with Gasteiger partial charge in [-0.3, -0.25) is 0 Å². The van der Waals surface area contributed by atoms with E-state index in [0.29, 0.717) is 16.4 Å². The van der Waals surface area contributed by atoms with Crippen molar-refractivity contribution < 1.29 is 0 Å². The lowest BCUT2D eigenvalue weighted by atomic mass is 10.3. The van der Waals surface area contributed by atoms with Gasteiger partial charge in [-0.2, -0.15) is 0 Å². The van der Waals surface area contributed by atoms with Crippen molar-refractivity contribution in [2.24, 2.45) is 0 Å². The van der Waals surface area contributed by atoms with Crippen LogP contribution in [0.15, 0.2) is 18.2 Å². The van der Waals surface area contributed by atoms with Gasteiger partial charge in [-0.15, -0.1) is 0 Å². The van der Waals surface area contributed by atoms with Crippen LogP contribution in [0.3, 0.4) is 0 Å². The maximum Gasteiger partial charge on any atom is 0.145 e. The highest BCUT2D eigenvalue weighted by atomic mass is 35.5. The highest BCUT2D eigenvalue weighted by Crippen LogP contribution is 2.21. The second-order valence-corrected chi connectivity index (χ2v) is 3.21. The third kappa shape index (κ3) is 1.31. The van der Waals surface area contributed by atoms with Gasteiger partial charge in [-0.25, -0.2) is 9.97 Å². The first kappa shape index (κ1) is 8.26. The van der Waals surface area contributed by atoms with Crippen LogP contribution < -0.4 is 5.73 Å². The van der Waals surface area contributed by atoms with Gasteiger partial charge in [-0.1, -0.05) is 17.7 Å². The molecule has 13 heavy (non-hydrogen) atoms. The fraction of sp³-hybridized carbons (Fsp3) is 0.111. The van der Waals surface area contributed by atoms with Gasteiger partial charge in [0.15, 0.2) is 0 Å². The molecule has 0 aliphatic rings. The number of nitrogens with zero attached hydrogens (tertiary/aromatic N) is 2. The van der Waals surface area contributed by atoms with Gasteiger partial charge in [0.2, 0.25) is 0 Å². The van der Waals surface area contributed by atoms with Crippen LogP contribution in [-0.2, 0) is 0 Å². The van der Waals surface area contributed by atoms with Crippen molar-refractivity contribution in [2.45, 2.75) is 6.92 Å². The molecule has 0 bridgehead atoms. The van der Waals surface area contributed by atoms with Crippen LogP contribution in [0.2, 0.25) is 5.02 Å². The molecule has 0 unspecified atom stereocenters. The molecule has 0 atom stereocenters. The summed E-state index contributed by atoms with van der Waals surface area (Å²) >= 11 is 5.92. The minimum absolute atomic E-state index is 0.431. The van der Waals surface area contributed by atoms with Gasteiger partial charge in [0, 0.05) is 0 Å². The molecular formula is C9H8ClN3. The summed E-state index contributed by atoms with van der Waals surface area (Å²) in [7, 11) is 0. The molecule has 66 valence electrons. The molecule has 0 saturated carbocycles. The van der Waals surface area contributed by atoms with Crippen LogP contribution in [0.1, 0.15) is 5.69 Å². The molecule has 4 heteroatoms. The predicted octanol–water partition coefficient (Wildman–Crippen LogP) is 2.17. The maximum atomic E-state index is 5.92. The van der Waals surface area contributed by atoms with Crippen molar-refractivity contribution >= 4 is 28.5 Å². The Kier molecular flexibility index (Phi) is 1.81. The summed E-state index contributed by atoms with van der Waals surface area (Å²) < 4.78 is 0. The van der Waals surface area contributed by atoms with E-state index in [9.17, 15) is 0 Å². The van der Waals surface area contributed by atoms with Crippen molar-refractivity contribution in [3.8, 4) is 0 Å². The lowest BCUT2D eigenvalue weighted by Gasteiger charge is -2.02. The van der Waals surface area contributed by atoms with Crippen LogP contribution in [-0.4, -0.2) is 9.97 Å². The number of aromatic nitrogens is 2. The number of nitrogen functional groups attached to an aromatic ring is 1. The van der Waals surface area contributed by atoms with E-state index in [1.807, 2.05) is 19.1 Å². The van der Waals surface area contributed by atoms with E-state index in [0.717, 1.165) is 11.2 Å². The molecule has 3 nitrogen and oxygen atoms in total. The second-order valence-electron chi connectivity index (χ2n) is 2.80. The first-order valence-corrected chi connectivity index (χ1v) is 4.24. The zero-order valence-electron chi connectivity index (χ0n) is 7.08. The molecule has 2 rings (SSSR count). The summed E-state index contributed by atoms with van der Waals surface area (Å²) in [6.45, 7) is 1.82. The van der Waals surface area contributed by atoms with Gasteiger partial charge in [0.1, 0.15) is 11.3 Å². The molecule has 2 aromatic rings. The Hall–Kier alpha value is -1.35. The molecule has 0 radical (unpaired) electrons. The number of benzene rings is 1. The van der Waals surface area contributed by atoms with Gasteiger partial charge < -0.3 is 5.73 Å². The van der Waals surface area contributed by atoms with Crippen molar-refractivity contribution in [3.63, 3.8) is 0 Å². The van der Waals surface area contributed by atoms with Crippen LogP contribution >= 0.6 is 11.6 Å². The molecule has 0 aliphatic heterocycles. The predicted molar refractivity (Wildman–Crippen MR) is 53.7 cm³/mol. The van der Waals surface area contributed by atoms with Gasteiger partial charge in [0.05, 0.1) is 16.2 Å². The summed E-state index contributed by atoms with van der Waals surface area (Å²) in [5.74, 6) is 0.431. The van der Waals surface area contributed by atoms with Crippen molar-refractivity contribution in [3.05, 3.63) is 28.9 Å². The number of fused-ring (bicyclic) bond motifs is 1. The van der Waals surface area contributed by atoms with E-state index in [2.05, 4.69) is 9.97 Å². The first-order valence-electron chi connectivity index (χ1n) is 3.87. The zero-order chi connectivity index (χ0) is 9.42. The second kappa shape index (κ2) is 2.85.